The van der Waals surface area contributed by atoms with Gasteiger partial charge in [0.25, 0.3) is 0 Å². The Morgan fingerprint density at radius 2 is 1.67 bits per heavy atom. The third-order valence-corrected chi connectivity index (χ3v) is 7.66. The quantitative estimate of drug-likeness (QED) is 0.853. The van der Waals surface area contributed by atoms with Gasteiger partial charge < -0.3 is 5.32 Å². The largest absolute Gasteiger partial charge is 0.311 e. The molecule has 5 aliphatic rings. The first-order valence-corrected chi connectivity index (χ1v) is 9.58. The Hall–Kier alpha value is -0.0800. The minimum atomic E-state index is 0.679. The van der Waals surface area contributed by atoms with Gasteiger partial charge in [0.05, 0.1) is 0 Å². The van der Waals surface area contributed by atoms with E-state index in [1.807, 2.05) is 0 Å². The molecule has 0 aromatic rings. The van der Waals surface area contributed by atoms with Crippen molar-refractivity contribution < 1.29 is 0 Å². The first-order valence-electron chi connectivity index (χ1n) is 9.58. The van der Waals surface area contributed by atoms with E-state index in [-0.39, 0.29) is 0 Å². The van der Waals surface area contributed by atoms with Gasteiger partial charge in [-0.05, 0) is 82.0 Å². The van der Waals surface area contributed by atoms with Gasteiger partial charge in [0.1, 0.15) is 0 Å². The fourth-order valence-corrected chi connectivity index (χ4v) is 6.81. The van der Waals surface area contributed by atoms with Gasteiger partial charge in [-0.2, -0.15) is 0 Å². The van der Waals surface area contributed by atoms with Crippen LogP contribution in [-0.2, 0) is 0 Å². The molecule has 2 nitrogen and oxygen atoms in total. The second-order valence-corrected chi connectivity index (χ2v) is 9.02. The minimum Gasteiger partial charge on any atom is -0.311 e. The van der Waals surface area contributed by atoms with Gasteiger partial charge in [-0.1, -0.05) is 6.92 Å². The van der Waals surface area contributed by atoms with E-state index in [9.17, 15) is 0 Å². The summed E-state index contributed by atoms with van der Waals surface area (Å²) in [5, 5.41) is 3.74. The first kappa shape index (κ1) is 14.5. The fourth-order valence-electron chi connectivity index (χ4n) is 6.81. The van der Waals surface area contributed by atoms with Gasteiger partial charge in [-0.15, -0.1) is 0 Å². The summed E-state index contributed by atoms with van der Waals surface area (Å²) in [7, 11) is 0. The van der Waals surface area contributed by atoms with Crippen molar-refractivity contribution in [2.45, 2.75) is 83.8 Å². The third-order valence-electron chi connectivity index (χ3n) is 7.66. The number of nitrogens with one attached hydrogen (secondary N) is 1. The summed E-state index contributed by atoms with van der Waals surface area (Å²) in [4.78, 5) is 2.89. The molecule has 21 heavy (non-hydrogen) atoms. The van der Waals surface area contributed by atoms with Crippen LogP contribution in [0, 0.1) is 23.2 Å². The SMILES string of the molecule is CCC1CN(C(C)C23CC4CC(CC(C4)C2)C3)C(C)CN1. The van der Waals surface area contributed by atoms with Crippen LogP contribution in [0.4, 0.5) is 0 Å². The average Bonchev–Trinajstić information content (AvgIpc) is 2.45. The maximum atomic E-state index is 3.74. The van der Waals surface area contributed by atoms with Crippen molar-refractivity contribution >= 4 is 0 Å². The summed E-state index contributed by atoms with van der Waals surface area (Å²) >= 11 is 0. The van der Waals surface area contributed by atoms with E-state index in [4.69, 9.17) is 0 Å². The lowest BCUT2D eigenvalue weighted by molar-refractivity contribution is -0.108. The monoisotopic (exact) mass is 290 g/mol. The Labute approximate surface area is 131 Å². The van der Waals surface area contributed by atoms with Crippen LogP contribution in [0.2, 0.25) is 0 Å². The fraction of sp³-hybridized carbons (Fsp3) is 1.00. The lowest BCUT2D eigenvalue weighted by Crippen LogP contribution is -2.63. The van der Waals surface area contributed by atoms with E-state index in [1.165, 1.54) is 19.5 Å². The Bertz CT molecular complexity index is 356. The molecule has 1 aliphatic heterocycles. The topological polar surface area (TPSA) is 15.3 Å². The van der Waals surface area contributed by atoms with Crippen LogP contribution in [0.5, 0.6) is 0 Å². The first-order chi connectivity index (χ1) is 10.1. The van der Waals surface area contributed by atoms with Crippen molar-refractivity contribution in [1.29, 1.82) is 0 Å². The number of rotatable bonds is 3. The molecule has 5 fully saturated rings. The zero-order valence-electron chi connectivity index (χ0n) is 14.3. The van der Waals surface area contributed by atoms with Crippen LogP contribution in [-0.4, -0.2) is 36.1 Å². The molecule has 3 atom stereocenters. The zero-order chi connectivity index (χ0) is 14.6. The molecule has 0 aromatic heterocycles. The molecule has 120 valence electrons. The standard InChI is InChI=1S/C19H34N2/c1-4-18-12-21(13(2)11-20-18)14(3)19-8-15-5-16(9-19)7-17(6-15)10-19/h13-18,20H,4-12H2,1-3H3. The molecule has 0 spiro atoms. The van der Waals surface area contributed by atoms with E-state index < -0.39 is 0 Å². The summed E-state index contributed by atoms with van der Waals surface area (Å²) in [5.41, 5.74) is 0.679. The molecule has 1 saturated heterocycles. The van der Waals surface area contributed by atoms with Crippen LogP contribution in [0.1, 0.15) is 65.7 Å². The van der Waals surface area contributed by atoms with Gasteiger partial charge in [-0.3, -0.25) is 4.90 Å². The summed E-state index contributed by atoms with van der Waals surface area (Å²) in [6, 6.07) is 2.24. The van der Waals surface area contributed by atoms with E-state index in [2.05, 4.69) is 31.0 Å². The highest BCUT2D eigenvalue weighted by Crippen LogP contribution is 2.62. The van der Waals surface area contributed by atoms with Crippen LogP contribution < -0.4 is 5.32 Å². The molecule has 0 radical (unpaired) electrons. The van der Waals surface area contributed by atoms with Crippen LogP contribution in [0.25, 0.3) is 0 Å². The van der Waals surface area contributed by atoms with Crippen LogP contribution in [0.3, 0.4) is 0 Å². The lowest BCUT2D eigenvalue weighted by Gasteiger charge is -2.61. The molecule has 4 aliphatic carbocycles. The average molecular weight is 290 g/mol. The van der Waals surface area contributed by atoms with Crippen molar-refractivity contribution in [2.75, 3.05) is 13.1 Å². The van der Waals surface area contributed by atoms with Gasteiger partial charge in [0.2, 0.25) is 0 Å². The molecule has 1 N–H and O–H groups in total. The maximum Gasteiger partial charge on any atom is 0.0196 e. The van der Waals surface area contributed by atoms with Gasteiger partial charge in [0.15, 0.2) is 0 Å². The number of hydrogen-bond acceptors (Lipinski definition) is 2. The number of piperazine rings is 1. The second-order valence-electron chi connectivity index (χ2n) is 9.02. The van der Waals surface area contributed by atoms with Crippen molar-refractivity contribution in [2.24, 2.45) is 23.2 Å². The van der Waals surface area contributed by atoms with Crippen molar-refractivity contribution in [1.82, 2.24) is 10.2 Å². The molecular weight excluding hydrogens is 256 g/mol. The molecular formula is C19H34N2. The predicted molar refractivity (Wildman–Crippen MR) is 88.3 cm³/mol. The molecule has 5 rings (SSSR count). The van der Waals surface area contributed by atoms with E-state index >= 15 is 0 Å². The summed E-state index contributed by atoms with van der Waals surface area (Å²) in [6.45, 7) is 9.83. The minimum absolute atomic E-state index is 0.679. The molecule has 1 heterocycles. The predicted octanol–water partition coefficient (Wildman–Crippen LogP) is 3.66. The number of nitrogens with zero attached hydrogens (tertiary/aromatic N) is 1. The Kier molecular flexibility index (Phi) is 3.61. The summed E-state index contributed by atoms with van der Waals surface area (Å²) in [5.74, 6) is 3.25. The summed E-state index contributed by atoms with van der Waals surface area (Å²) < 4.78 is 0. The van der Waals surface area contributed by atoms with Gasteiger partial charge in [-0.25, -0.2) is 0 Å². The summed E-state index contributed by atoms with van der Waals surface area (Å²) in [6.07, 6.45) is 10.6. The van der Waals surface area contributed by atoms with Crippen molar-refractivity contribution in [3.63, 3.8) is 0 Å². The van der Waals surface area contributed by atoms with Crippen molar-refractivity contribution in [3.8, 4) is 0 Å². The highest BCUT2D eigenvalue weighted by Gasteiger charge is 2.54. The highest BCUT2D eigenvalue weighted by atomic mass is 15.3. The normalized spacial score (nSPS) is 51.3. The van der Waals surface area contributed by atoms with Crippen LogP contribution >= 0.6 is 0 Å². The lowest BCUT2D eigenvalue weighted by atomic mass is 9.47. The van der Waals surface area contributed by atoms with Crippen LogP contribution in [0.15, 0.2) is 0 Å². The maximum absolute atomic E-state index is 3.74. The van der Waals surface area contributed by atoms with E-state index in [0.717, 1.165) is 35.9 Å². The molecule has 0 amide bonds. The third kappa shape index (κ3) is 2.37. The Balaban J connectivity index is 1.54. The van der Waals surface area contributed by atoms with Gasteiger partial charge in [0, 0.05) is 31.2 Å². The second kappa shape index (κ2) is 5.23. The van der Waals surface area contributed by atoms with Crippen molar-refractivity contribution in [3.05, 3.63) is 0 Å². The van der Waals surface area contributed by atoms with E-state index in [0.29, 0.717) is 5.41 Å². The molecule has 3 unspecified atom stereocenters. The molecule has 2 heteroatoms. The zero-order valence-corrected chi connectivity index (χ0v) is 14.3. The van der Waals surface area contributed by atoms with E-state index in [1.54, 1.807) is 38.5 Å². The molecule has 0 aromatic carbocycles. The highest BCUT2D eigenvalue weighted by molar-refractivity contribution is 5.06. The Morgan fingerprint density at radius 3 is 2.19 bits per heavy atom. The number of hydrogen-bond donors (Lipinski definition) is 1. The Morgan fingerprint density at radius 1 is 1.10 bits per heavy atom. The molecule has 4 bridgehead atoms. The molecule has 4 saturated carbocycles. The smallest absolute Gasteiger partial charge is 0.0196 e. The van der Waals surface area contributed by atoms with Gasteiger partial charge >= 0.3 is 0 Å².